The second-order valence-electron chi connectivity index (χ2n) is 8.46. The van der Waals surface area contributed by atoms with E-state index in [1.54, 1.807) is 28.8 Å². The Morgan fingerprint density at radius 3 is 3.03 bits per heavy atom. The molecule has 184 valence electrons. The number of anilines is 2. The molecule has 4 N–H and O–H groups in total. The zero-order valence-electron chi connectivity index (χ0n) is 19.8. The first-order valence-corrected chi connectivity index (χ1v) is 12.7. The van der Waals surface area contributed by atoms with Crippen molar-refractivity contribution >= 4 is 50.0 Å². The third kappa shape index (κ3) is 4.61. The molecular formula is C24H29N7O3S. The number of rotatable bonds is 8. The number of urea groups is 1. The van der Waals surface area contributed by atoms with E-state index >= 15 is 0 Å². The minimum Gasteiger partial charge on any atom is -0.492 e. The van der Waals surface area contributed by atoms with E-state index in [2.05, 4.69) is 30.8 Å². The molecule has 0 bridgehead atoms. The summed E-state index contributed by atoms with van der Waals surface area (Å²) in [6.45, 7) is 5.27. The predicted molar refractivity (Wildman–Crippen MR) is 137 cm³/mol. The van der Waals surface area contributed by atoms with E-state index < -0.39 is 0 Å². The lowest BCUT2D eigenvalue weighted by Gasteiger charge is -2.27. The number of fused-ring (bicyclic) bond motifs is 4. The van der Waals surface area contributed by atoms with Crippen molar-refractivity contribution < 1.29 is 14.6 Å². The third-order valence-electron chi connectivity index (χ3n) is 6.31. The smallest absolute Gasteiger partial charge is 0.317 e. The molecule has 5 rings (SSSR count). The van der Waals surface area contributed by atoms with Gasteiger partial charge in [-0.1, -0.05) is 0 Å². The monoisotopic (exact) mass is 495 g/mol. The number of nitrogens with zero attached hydrogens (tertiary/aromatic N) is 4. The first-order chi connectivity index (χ1) is 17.1. The minimum absolute atomic E-state index is 0.0423. The van der Waals surface area contributed by atoms with Crippen LogP contribution in [-0.4, -0.2) is 68.5 Å². The second-order valence-corrected chi connectivity index (χ2v) is 9.55. The standard InChI is InChI=1S/C24H29N7O3S/c1-3-31(7-8-32)24(33)28-15-5-6-16-20(10-15)35-23-21(16)22(25-13-26-23)29-18-9-14-12-27-30-17(14)11-19(18)34-4-2/h9,11-13,15,32H,3-8,10H2,1-2H3,(H,27,30)(H,28,33)(H,25,26,29). The molecule has 1 aliphatic carbocycles. The maximum absolute atomic E-state index is 12.6. The normalized spacial score (nSPS) is 15.2. The Morgan fingerprint density at radius 2 is 2.23 bits per heavy atom. The molecule has 0 saturated carbocycles. The highest BCUT2D eigenvalue weighted by atomic mass is 32.1. The van der Waals surface area contributed by atoms with Crippen molar-refractivity contribution in [1.82, 2.24) is 30.4 Å². The van der Waals surface area contributed by atoms with E-state index in [-0.39, 0.29) is 18.7 Å². The van der Waals surface area contributed by atoms with Gasteiger partial charge < -0.3 is 25.4 Å². The van der Waals surface area contributed by atoms with Gasteiger partial charge in [-0.25, -0.2) is 14.8 Å². The summed E-state index contributed by atoms with van der Waals surface area (Å²) in [7, 11) is 0. The zero-order valence-corrected chi connectivity index (χ0v) is 20.6. The van der Waals surface area contributed by atoms with Crippen molar-refractivity contribution in [2.45, 2.75) is 39.2 Å². The number of thiophene rings is 1. The number of hydrogen-bond donors (Lipinski definition) is 4. The fourth-order valence-electron chi connectivity index (χ4n) is 4.59. The number of nitrogens with one attached hydrogen (secondary N) is 3. The van der Waals surface area contributed by atoms with Crippen LogP contribution in [0, 0.1) is 0 Å². The topological polar surface area (TPSA) is 128 Å². The number of aromatic amines is 1. The summed E-state index contributed by atoms with van der Waals surface area (Å²) in [5, 5.41) is 24.9. The summed E-state index contributed by atoms with van der Waals surface area (Å²) in [5.41, 5.74) is 2.97. The third-order valence-corrected chi connectivity index (χ3v) is 7.47. The maximum Gasteiger partial charge on any atom is 0.317 e. The number of carbonyl (C=O) groups excluding carboxylic acids is 1. The summed E-state index contributed by atoms with van der Waals surface area (Å²) < 4.78 is 5.88. The van der Waals surface area contributed by atoms with Crippen LogP contribution in [0.2, 0.25) is 0 Å². The van der Waals surface area contributed by atoms with Gasteiger partial charge in [-0.15, -0.1) is 11.3 Å². The lowest BCUT2D eigenvalue weighted by molar-refractivity contribution is 0.176. The summed E-state index contributed by atoms with van der Waals surface area (Å²) in [6, 6.07) is 3.87. The van der Waals surface area contributed by atoms with Gasteiger partial charge in [-0.3, -0.25) is 5.10 Å². The van der Waals surface area contributed by atoms with Gasteiger partial charge in [0.25, 0.3) is 0 Å². The van der Waals surface area contributed by atoms with Crippen molar-refractivity contribution in [1.29, 1.82) is 0 Å². The summed E-state index contributed by atoms with van der Waals surface area (Å²) in [5.74, 6) is 1.48. The molecule has 4 aromatic rings. The number of H-pyrrole nitrogens is 1. The van der Waals surface area contributed by atoms with Crippen LogP contribution in [-0.2, 0) is 12.8 Å². The molecule has 2 amide bonds. The largest absolute Gasteiger partial charge is 0.492 e. The van der Waals surface area contributed by atoms with Gasteiger partial charge >= 0.3 is 6.03 Å². The van der Waals surface area contributed by atoms with Crippen LogP contribution in [0.15, 0.2) is 24.7 Å². The molecule has 1 atom stereocenters. The molecule has 11 heteroatoms. The van der Waals surface area contributed by atoms with Crippen molar-refractivity contribution in [2.24, 2.45) is 0 Å². The number of benzene rings is 1. The number of aromatic nitrogens is 4. The van der Waals surface area contributed by atoms with E-state index in [0.29, 0.717) is 19.7 Å². The molecule has 0 fully saturated rings. The predicted octanol–water partition coefficient (Wildman–Crippen LogP) is 3.59. The Balaban J connectivity index is 1.42. The second kappa shape index (κ2) is 10.0. The molecule has 3 heterocycles. The van der Waals surface area contributed by atoms with Crippen LogP contribution in [0.3, 0.4) is 0 Å². The Kier molecular flexibility index (Phi) is 6.69. The molecule has 35 heavy (non-hydrogen) atoms. The quantitative estimate of drug-likeness (QED) is 0.294. The summed E-state index contributed by atoms with van der Waals surface area (Å²) in [6.07, 6.45) is 5.78. The number of amides is 2. The maximum atomic E-state index is 12.6. The first kappa shape index (κ1) is 23.3. The first-order valence-electron chi connectivity index (χ1n) is 11.9. The van der Waals surface area contributed by atoms with Gasteiger partial charge in [-0.2, -0.15) is 5.10 Å². The average Bonchev–Trinajstić information content (AvgIpc) is 3.46. The fourth-order valence-corrected chi connectivity index (χ4v) is 5.86. The van der Waals surface area contributed by atoms with E-state index in [1.807, 2.05) is 26.0 Å². The minimum atomic E-state index is -0.128. The summed E-state index contributed by atoms with van der Waals surface area (Å²) >= 11 is 1.66. The molecular weight excluding hydrogens is 466 g/mol. The van der Waals surface area contributed by atoms with Crippen LogP contribution in [0.4, 0.5) is 16.3 Å². The molecule has 1 unspecified atom stereocenters. The highest BCUT2D eigenvalue weighted by Crippen LogP contribution is 2.40. The number of ether oxygens (including phenoxy) is 1. The SMILES string of the molecule is CCOc1cc2[nH]ncc2cc1Nc1ncnc2sc3c(c12)CCC(NC(=O)N(CC)CCO)C3. The highest BCUT2D eigenvalue weighted by Gasteiger charge is 2.27. The van der Waals surface area contributed by atoms with Gasteiger partial charge in [0.1, 0.15) is 22.7 Å². The molecule has 3 aromatic heterocycles. The van der Waals surface area contributed by atoms with Crippen molar-refractivity contribution in [3.8, 4) is 5.75 Å². The number of aliphatic hydroxyl groups excluding tert-OH is 1. The lowest BCUT2D eigenvalue weighted by Crippen LogP contribution is -2.47. The number of aliphatic hydroxyl groups is 1. The molecule has 0 aliphatic heterocycles. The molecule has 10 nitrogen and oxygen atoms in total. The molecule has 1 aliphatic rings. The van der Waals surface area contributed by atoms with E-state index in [1.165, 1.54) is 10.4 Å². The van der Waals surface area contributed by atoms with Crippen LogP contribution in [0.1, 0.15) is 30.7 Å². The number of likely N-dealkylation sites (N-methyl/N-ethyl adjacent to an activating group) is 1. The van der Waals surface area contributed by atoms with Gasteiger partial charge in [0.15, 0.2) is 0 Å². The van der Waals surface area contributed by atoms with Crippen LogP contribution >= 0.6 is 11.3 Å². The van der Waals surface area contributed by atoms with Crippen LogP contribution in [0.25, 0.3) is 21.1 Å². The number of aryl methyl sites for hydroxylation is 1. The van der Waals surface area contributed by atoms with E-state index in [4.69, 9.17) is 4.74 Å². The lowest BCUT2D eigenvalue weighted by atomic mass is 9.93. The molecule has 0 spiro atoms. The van der Waals surface area contributed by atoms with Crippen molar-refractivity contribution in [2.75, 3.05) is 31.6 Å². The zero-order chi connectivity index (χ0) is 24.4. The van der Waals surface area contributed by atoms with Gasteiger partial charge in [0.05, 0.1) is 36.0 Å². The Bertz CT molecular complexity index is 1350. The fraction of sp³-hybridized carbons (Fsp3) is 0.417. The van der Waals surface area contributed by atoms with E-state index in [0.717, 1.165) is 57.6 Å². The van der Waals surface area contributed by atoms with Crippen LogP contribution in [0.5, 0.6) is 5.75 Å². The average molecular weight is 496 g/mol. The van der Waals surface area contributed by atoms with E-state index in [9.17, 15) is 9.90 Å². The number of carbonyl (C=O) groups is 1. The van der Waals surface area contributed by atoms with Gasteiger partial charge in [0, 0.05) is 41.9 Å². The van der Waals surface area contributed by atoms with Crippen molar-refractivity contribution in [3.05, 3.63) is 35.1 Å². The van der Waals surface area contributed by atoms with Crippen molar-refractivity contribution in [3.63, 3.8) is 0 Å². The summed E-state index contributed by atoms with van der Waals surface area (Å²) in [4.78, 5) is 25.5. The molecule has 0 saturated heterocycles. The van der Waals surface area contributed by atoms with Gasteiger partial charge in [0.2, 0.25) is 0 Å². The van der Waals surface area contributed by atoms with Crippen LogP contribution < -0.4 is 15.4 Å². The molecule has 1 aromatic carbocycles. The number of hydrogen-bond acceptors (Lipinski definition) is 8. The Morgan fingerprint density at radius 1 is 1.34 bits per heavy atom. The van der Waals surface area contributed by atoms with Gasteiger partial charge in [-0.05, 0) is 38.3 Å². The molecule has 0 radical (unpaired) electrons. The Labute approximate surface area is 206 Å². The Hall–Kier alpha value is -3.44. The highest BCUT2D eigenvalue weighted by molar-refractivity contribution is 7.19.